The lowest BCUT2D eigenvalue weighted by molar-refractivity contribution is -0.344. The van der Waals surface area contributed by atoms with Crippen LogP contribution in [0.2, 0.25) is 0 Å². The van der Waals surface area contributed by atoms with Gasteiger partial charge in [-0.05, 0) is 80.1 Å². The summed E-state index contributed by atoms with van der Waals surface area (Å²) in [4.78, 5) is 67.2. The Morgan fingerprint density at radius 1 is 0.983 bits per heavy atom. The molecule has 3 fully saturated rings. The van der Waals surface area contributed by atoms with Crippen molar-refractivity contribution in [2.24, 2.45) is 11.8 Å². The van der Waals surface area contributed by atoms with E-state index in [-0.39, 0.29) is 56.4 Å². The standard InChI is InChI=1S/C42H73N3O15/c1-13-32(50)56-30-20-31(49)43-24(4)15-17-45(11)22-29(48)23(3)19-28(16-18-46)38(39(30)53-12)59-41-36(52)35(44(9)10)37(25(5)55-41)58-34-21-42(8,60-27(7)47)40(26(6)54-34)57-33(51)14-2/h18,23-26,28-30,34-41,48,52H,13-17,19-22H2,1-12H3,(H,43,49)/t23-,24?,25?,26?,28+,29+,30-,34+,35?,36?,37-,38+,39+,40-,41+,42?/m1/s1. The van der Waals surface area contributed by atoms with E-state index in [1.807, 2.05) is 25.8 Å². The second kappa shape index (κ2) is 23.6. The van der Waals surface area contributed by atoms with Crippen LogP contribution in [0, 0.1) is 11.8 Å². The molecule has 0 radical (unpaired) electrons. The molecule has 0 spiro atoms. The summed E-state index contributed by atoms with van der Waals surface area (Å²) in [6.45, 7) is 14.3. The molecule has 3 heterocycles. The molecule has 3 saturated heterocycles. The highest BCUT2D eigenvalue weighted by molar-refractivity contribution is 5.77. The summed E-state index contributed by atoms with van der Waals surface area (Å²) in [6.07, 6.45) is -9.82. The van der Waals surface area contributed by atoms with E-state index >= 15 is 0 Å². The van der Waals surface area contributed by atoms with E-state index in [4.69, 9.17) is 37.9 Å². The van der Waals surface area contributed by atoms with Gasteiger partial charge in [0.15, 0.2) is 24.3 Å². The lowest BCUT2D eigenvalue weighted by atomic mass is 9.82. The van der Waals surface area contributed by atoms with Gasteiger partial charge in [-0.3, -0.25) is 19.2 Å². The summed E-state index contributed by atoms with van der Waals surface area (Å²) in [6, 6.07) is -1.03. The Hall–Kier alpha value is -2.81. The second-order valence-electron chi connectivity index (χ2n) is 17.2. The molecule has 346 valence electrons. The summed E-state index contributed by atoms with van der Waals surface area (Å²) in [5, 5.41) is 26.5. The van der Waals surface area contributed by atoms with Gasteiger partial charge < -0.3 is 68.0 Å². The van der Waals surface area contributed by atoms with Crippen LogP contribution >= 0.6 is 0 Å². The summed E-state index contributed by atoms with van der Waals surface area (Å²) in [5.74, 6) is -3.03. The number of nitrogens with one attached hydrogen (secondary N) is 1. The molecule has 0 saturated carbocycles. The molecule has 1 amide bonds. The molecular formula is C42H73N3O15. The van der Waals surface area contributed by atoms with Crippen LogP contribution < -0.4 is 5.32 Å². The van der Waals surface area contributed by atoms with E-state index in [1.54, 1.807) is 53.6 Å². The maximum absolute atomic E-state index is 13.5. The molecule has 6 unspecified atom stereocenters. The summed E-state index contributed by atoms with van der Waals surface area (Å²) >= 11 is 0. The molecule has 0 aliphatic carbocycles. The molecule has 3 aliphatic heterocycles. The molecule has 3 N–H and O–H groups in total. The fourth-order valence-electron chi connectivity index (χ4n) is 8.64. The van der Waals surface area contributed by atoms with Crippen molar-refractivity contribution in [1.29, 1.82) is 0 Å². The molecule has 16 atom stereocenters. The Kier molecular flexibility index (Phi) is 20.3. The first-order valence-corrected chi connectivity index (χ1v) is 21.3. The van der Waals surface area contributed by atoms with Gasteiger partial charge in [0.1, 0.15) is 30.7 Å². The predicted molar refractivity (Wildman–Crippen MR) is 216 cm³/mol. The number of aldehydes is 1. The number of nitrogens with zero attached hydrogens (tertiary/aromatic N) is 2. The van der Waals surface area contributed by atoms with E-state index in [0.29, 0.717) is 19.5 Å². The topological polar surface area (TPSA) is 218 Å². The number of esters is 3. The van der Waals surface area contributed by atoms with Crippen LogP contribution in [-0.2, 0) is 61.9 Å². The van der Waals surface area contributed by atoms with Crippen molar-refractivity contribution >= 4 is 30.1 Å². The predicted octanol–water partition coefficient (Wildman–Crippen LogP) is 1.73. The third kappa shape index (κ3) is 14.1. The van der Waals surface area contributed by atoms with E-state index in [1.165, 1.54) is 14.0 Å². The third-order valence-corrected chi connectivity index (χ3v) is 11.8. The average Bonchev–Trinajstić information content (AvgIpc) is 3.15. The number of β-amino-alcohol motifs (C(OH)–C–C–N with tert-alkyl or cyclic N) is 1. The number of aliphatic hydroxyl groups is 2. The summed E-state index contributed by atoms with van der Waals surface area (Å²) in [7, 11) is 6.79. The number of rotatable bonds is 13. The van der Waals surface area contributed by atoms with Crippen molar-refractivity contribution < 1.29 is 72.1 Å². The smallest absolute Gasteiger partial charge is 0.306 e. The minimum absolute atomic E-state index is 0.00695. The van der Waals surface area contributed by atoms with Gasteiger partial charge in [0, 0.05) is 52.3 Å². The number of carbonyl (C=O) groups excluding carboxylic acids is 5. The molecule has 18 nitrogen and oxygen atoms in total. The highest BCUT2D eigenvalue weighted by Gasteiger charge is 2.54. The average molecular weight is 860 g/mol. The first-order chi connectivity index (χ1) is 28.2. The monoisotopic (exact) mass is 860 g/mol. The number of amides is 1. The van der Waals surface area contributed by atoms with Gasteiger partial charge in [-0.25, -0.2) is 0 Å². The van der Waals surface area contributed by atoms with E-state index in [0.717, 1.165) is 6.29 Å². The van der Waals surface area contributed by atoms with Crippen LogP contribution in [0.3, 0.4) is 0 Å². The summed E-state index contributed by atoms with van der Waals surface area (Å²) in [5.41, 5.74) is -1.31. The Labute approximate surface area is 355 Å². The number of hydrogen-bond donors (Lipinski definition) is 3. The number of ether oxygens (including phenoxy) is 8. The molecule has 3 rings (SSSR count). The first-order valence-electron chi connectivity index (χ1n) is 21.3. The van der Waals surface area contributed by atoms with Crippen molar-refractivity contribution in [2.45, 2.75) is 186 Å². The van der Waals surface area contributed by atoms with E-state index in [9.17, 15) is 34.2 Å². The van der Waals surface area contributed by atoms with Gasteiger partial charge >= 0.3 is 17.9 Å². The van der Waals surface area contributed by atoms with Crippen molar-refractivity contribution in [1.82, 2.24) is 15.1 Å². The van der Waals surface area contributed by atoms with Gasteiger partial charge in [0.05, 0.1) is 36.9 Å². The lowest BCUT2D eigenvalue weighted by Crippen LogP contribution is -2.66. The van der Waals surface area contributed by atoms with Crippen molar-refractivity contribution in [3.05, 3.63) is 0 Å². The molecule has 0 aromatic heterocycles. The molecule has 60 heavy (non-hydrogen) atoms. The zero-order valence-electron chi connectivity index (χ0n) is 37.7. The Morgan fingerprint density at radius 3 is 2.22 bits per heavy atom. The van der Waals surface area contributed by atoms with Crippen LogP contribution in [0.25, 0.3) is 0 Å². The number of aliphatic hydroxyl groups excluding tert-OH is 2. The normalized spacial score (nSPS) is 39.1. The molecule has 0 bridgehead atoms. The van der Waals surface area contributed by atoms with Gasteiger partial charge in [-0.1, -0.05) is 20.8 Å². The molecule has 18 heteroatoms. The Morgan fingerprint density at radius 2 is 1.63 bits per heavy atom. The number of likely N-dealkylation sites (N-methyl/N-ethyl adjacent to an activating group) is 2. The van der Waals surface area contributed by atoms with Crippen LogP contribution in [0.5, 0.6) is 0 Å². The Bertz CT molecular complexity index is 1410. The van der Waals surface area contributed by atoms with Gasteiger partial charge in [-0.15, -0.1) is 0 Å². The largest absolute Gasteiger partial charge is 0.459 e. The van der Waals surface area contributed by atoms with Crippen molar-refractivity contribution in [2.75, 3.05) is 41.3 Å². The van der Waals surface area contributed by atoms with Crippen molar-refractivity contribution in [3.63, 3.8) is 0 Å². The fourth-order valence-corrected chi connectivity index (χ4v) is 8.64. The first kappa shape index (κ1) is 51.5. The van der Waals surface area contributed by atoms with E-state index in [2.05, 4.69) is 5.32 Å². The molecule has 0 aromatic carbocycles. The zero-order valence-corrected chi connectivity index (χ0v) is 37.7. The maximum Gasteiger partial charge on any atom is 0.306 e. The summed E-state index contributed by atoms with van der Waals surface area (Å²) < 4.78 is 49.3. The van der Waals surface area contributed by atoms with Crippen molar-refractivity contribution in [3.8, 4) is 0 Å². The Balaban J connectivity index is 2.04. The van der Waals surface area contributed by atoms with Gasteiger partial charge in [-0.2, -0.15) is 0 Å². The number of carbonyl (C=O) groups is 5. The minimum atomic E-state index is -1.40. The quantitative estimate of drug-likeness (QED) is 0.137. The van der Waals surface area contributed by atoms with E-state index < -0.39 is 103 Å². The molecule has 3 aliphatic rings. The number of hydrogen-bond acceptors (Lipinski definition) is 17. The minimum Gasteiger partial charge on any atom is -0.459 e. The third-order valence-electron chi connectivity index (χ3n) is 11.8. The van der Waals surface area contributed by atoms with Crippen LogP contribution in [0.4, 0.5) is 0 Å². The highest BCUT2D eigenvalue weighted by atomic mass is 16.7. The van der Waals surface area contributed by atoms with Gasteiger partial charge in [0.25, 0.3) is 0 Å². The fraction of sp³-hybridized carbons (Fsp3) is 0.881. The number of methoxy groups -OCH3 is 1. The van der Waals surface area contributed by atoms with Crippen LogP contribution in [0.15, 0.2) is 0 Å². The molecule has 0 aromatic rings. The zero-order chi connectivity index (χ0) is 45.1. The highest BCUT2D eigenvalue weighted by Crippen LogP contribution is 2.39. The van der Waals surface area contributed by atoms with Crippen LogP contribution in [0.1, 0.15) is 100 Å². The van der Waals surface area contributed by atoms with Gasteiger partial charge in [0.2, 0.25) is 5.91 Å². The SMILES string of the molecule is CCC(=O)O[C@@H]1C(C)O[C@@H](O[C@@H]2C(C)O[C@@H](O[C@H]3[C@@H](CC=O)C[C@@H](C)[C@@H](O)CN(C)CCC(C)NC(=O)C[C@@H](OC(=O)CC)[C@@H]3OC)C(O)C2N(C)C)CC1(C)OC(C)=O. The van der Waals surface area contributed by atoms with Crippen LogP contribution in [-0.4, -0.2) is 177 Å². The maximum atomic E-state index is 13.5. The lowest BCUT2D eigenvalue weighted by Gasteiger charge is -2.50. The molecular weight excluding hydrogens is 786 g/mol. The second-order valence-corrected chi connectivity index (χ2v) is 17.2.